The third-order valence-corrected chi connectivity index (χ3v) is 1.70. The first kappa shape index (κ1) is 11.3. The average Bonchev–Trinajstić information content (AvgIpc) is 2.20. The Morgan fingerprint density at radius 1 is 1.60 bits per heavy atom. The van der Waals surface area contributed by atoms with Gasteiger partial charge in [-0.25, -0.2) is 4.98 Å². The fraction of sp³-hybridized carbons (Fsp3) is 0.333. The molecule has 0 aliphatic heterocycles. The van der Waals surface area contributed by atoms with Crippen LogP contribution in [0.5, 0.6) is 0 Å². The molecular weight excluding hydrogens is 188 g/mol. The quantitative estimate of drug-likeness (QED) is 0.747. The maximum atomic E-state index is 10.9. The Morgan fingerprint density at radius 2 is 2.40 bits per heavy atom. The Labute approximate surface area is 89.9 Å². The summed E-state index contributed by atoms with van der Waals surface area (Å²) >= 11 is 0. The average molecular weight is 202 g/mol. The highest BCUT2D eigenvalue weighted by molar-refractivity contribution is 5.88. The van der Waals surface area contributed by atoms with Crippen LogP contribution in [0.1, 0.15) is 32.3 Å². The van der Waals surface area contributed by atoms with Crippen molar-refractivity contribution in [3.05, 3.63) is 23.9 Å². The maximum absolute atomic E-state index is 10.9. The van der Waals surface area contributed by atoms with E-state index >= 15 is 0 Å². The number of pyridine rings is 1. The van der Waals surface area contributed by atoms with E-state index in [0.717, 1.165) is 18.4 Å². The molecule has 1 heterocycles. The van der Waals surface area contributed by atoms with E-state index < -0.39 is 0 Å². The predicted molar refractivity (Wildman–Crippen MR) is 60.3 cm³/mol. The van der Waals surface area contributed by atoms with Crippen LogP contribution in [0, 0.1) is 11.8 Å². The van der Waals surface area contributed by atoms with Crippen molar-refractivity contribution < 1.29 is 4.79 Å². The molecule has 3 heteroatoms. The van der Waals surface area contributed by atoms with Gasteiger partial charge in [0, 0.05) is 19.5 Å². The summed E-state index contributed by atoms with van der Waals surface area (Å²) in [4.78, 5) is 15.0. The molecule has 1 rings (SSSR count). The van der Waals surface area contributed by atoms with Crippen LogP contribution in [0.25, 0.3) is 0 Å². The van der Waals surface area contributed by atoms with Crippen LogP contribution in [-0.4, -0.2) is 10.9 Å². The third kappa shape index (κ3) is 3.82. The van der Waals surface area contributed by atoms with Crippen molar-refractivity contribution in [1.82, 2.24) is 4.98 Å². The van der Waals surface area contributed by atoms with Crippen LogP contribution in [0.2, 0.25) is 0 Å². The molecule has 15 heavy (non-hydrogen) atoms. The highest BCUT2D eigenvalue weighted by atomic mass is 16.1. The van der Waals surface area contributed by atoms with E-state index in [1.807, 2.05) is 6.07 Å². The van der Waals surface area contributed by atoms with Crippen molar-refractivity contribution in [1.29, 1.82) is 0 Å². The topological polar surface area (TPSA) is 42.0 Å². The summed E-state index contributed by atoms with van der Waals surface area (Å²) in [7, 11) is 0. The minimum atomic E-state index is -0.132. The van der Waals surface area contributed by atoms with E-state index in [1.54, 1.807) is 12.3 Å². The van der Waals surface area contributed by atoms with E-state index in [1.165, 1.54) is 6.92 Å². The molecule has 1 aromatic heterocycles. The summed E-state index contributed by atoms with van der Waals surface area (Å²) in [5, 5.41) is 2.65. The standard InChI is InChI=1S/C12H14N2O/c1-3-4-5-7-11-8-6-9-13-12(11)14-10(2)15/h6,8-9H,3-4H2,1-2H3,(H,13,14,15). The van der Waals surface area contributed by atoms with Gasteiger partial charge in [0.15, 0.2) is 0 Å². The van der Waals surface area contributed by atoms with Gasteiger partial charge in [-0.3, -0.25) is 4.79 Å². The van der Waals surface area contributed by atoms with Crippen molar-refractivity contribution in [3.63, 3.8) is 0 Å². The molecule has 3 nitrogen and oxygen atoms in total. The molecule has 0 spiro atoms. The van der Waals surface area contributed by atoms with Crippen LogP contribution in [0.3, 0.4) is 0 Å². The van der Waals surface area contributed by atoms with Gasteiger partial charge in [-0.05, 0) is 18.6 Å². The molecule has 0 saturated heterocycles. The van der Waals surface area contributed by atoms with Gasteiger partial charge in [-0.1, -0.05) is 18.8 Å². The summed E-state index contributed by atoms with van der Waals surface area (Å²) in [6, 6.07) is 3.65. The number of nitrogens with one attached hydrogen (secondary N) is 1. The Morgan fingerprint density at radius 3 is 3.07 bits per heavy atom. The number of carbonyl (C=O) groups excluding carboxylic acids is 1. The van der Waals surface area contributed by atoms with Crippen molar-refractivity contribution in [3.8, 4) is 11.8 Å². The van der Waals surface area contributed by atoms with Gasteiger partial charge in [-0.2, -0.15) is 0 Å². The number of carbonyl (C=O) groups is 1. The lowest BCUT2D eigenvalue weighted by Crippen LogP contribution is -2.08. The van der Waals surface area contributed by atoms with Crippen molar-refractivity contribution >= 4 is 11.7 Å². The molecule has 78 valence electrons. The largest absolute Gasteiger partial charge is 0.310 e. The van der Waals surface area contributed by atoms with Crippen molar-refractivity contribution in [2.75, 3.05) is 5.32 Å². The third-order valence-electron chi connectivity index (χ3n) is 1.70. The summed E-state index contributed by atoms with van der Waals surface area (Å²) in [6.45, 7) is 3.53. The molecule has 0 aliphatic carbocycles. The molecule has 0 saturated carbocycles. The van der Waals surface area contributed by atoms with Crippen LogP contribution >= 0.6 is 0 Å². The Hall–Kier alpha value is -1.82. The van der Waals surface area contributed by atoms with Gasteiger partial charge in [-0.15, -0.1) is 0 Å². The number of rotatable bonds is 2. The second kappa shape index (κ2) is 5.82. The van der Waals surface area contributed by atoms with Crippen LogP contribution in [0.4, 0.5) is 5.82 Å². The number of anilines is 1. The highest BCUT2D eigenvalue weighted by Crippen LogP contribution is 2.09. The van der Waals surface area contributed by atoms with E-state index in [-0.39, 0.29) is 5.91 Å². The van der Waals surface area contributed by atoms with Crippen LogP contribution < -0.4 is 5.32 Å². The number of unbranched alkanes of at least 4 members (excludes halogenated alkanes) is 1. The van der Waals surface area contributed by atoms with E-state index in [2.05, 4.69) is 29.1 Å². The summed E-state index contributed by atoms with van der Waals surface area (Å²) in [5.74, 6) is 6.42. The van der Waals surface area contributed by atoms with Crippen molar-refractivity contribution in [2.45, 2.75) is 26.7 Å². The van der Waals surface area contributed by atoms with Crippen LogP contribution in [-0.2, 0) is 4.79 Å². The smallest absolute Gasteiger partial charge is 0.222 e. The highest BCUT2D eigenvalue weighted by Gasteiger charge is 2.01. The maximum Gasteiger partial charge on any atom is 0.222 e. The molecular formula is C12H14N2O. The molecule has 1 aromatic rings. The summed E-state index contributed by atoms with van der Waals surface area (Å²) < 4.78 is 0. The van der Waals surface area contributed by atoms with Crippen molar-refractivity contribution in [2.24, 2.45) is 0 Å². The minimum Gasteiger partial charge on any atom is -0.310 e. The molecule has 0 fully saturated rings. The summed E-state index contributed by atoms with van der Waals surface area (Å²) in [6.07, 6.45) is 3.52. The lowest BCUT2D eigenvalue weighted by atomic mass is 10.2. The van der Waals surface area contributed by atoms with Gasteiger partial charge in [0.2, 0.25) is 5.91 Å². The van der Waals surface area contributed by atoms with E-state index in [9.17, 15) is 4.79 Å². The second-order valence-electron chi connectivity index (χ2n) is 3.13. The Balaban J connectivity index is 2.87. The zero-order chi connectivity index (χ0) is 11.1. The molecule has 0 atom stereocenters. The number of aromatic nitrogens is 1. The monoisotopic (exact) mass is 202 g/mol. The van der Waals surface area contributed by atoms with Crippen LogP contribution in [0.15, 0.2) is 18.3 Å². The summed E-state index contributed by atoms with van der Waals surface area (Å²) in [5.41, 5.74) is 0.765. The molecule has 0 bridgehead atoms. The second-order valence-corrected chi connectivity index (χ2v) is 3.13. The van der Waals surface area contributed by atoms with Gasteiger partial charge < -0.3 is 5.32 Å². The van der Waals surface area contributed by atoms with Gasteiger partial charge in [0.1, 0.15) is 5.82 Å². The zero-order valence-electron chi connectivity index (χ0n) is 9.00. The van der Waals surface area contributed by atoms with Gasteiger partial charge >= 0.3 is 0 Å². The molecule has 0 aliphatic rings. The first-order valence-electron chi connectivity index (χ1n) is 4.95. The molecule has 0 aromatic carbocycles. The Kier molecular flexibility index (Phi) is 4.36. The fourth-order valence-corrected chi connectivity index (χ4v) is 1.06. The normalized spacial score (nSPS) is 8.93. The number of nitrogens with zero attached hydrogens (tertiary/aromatic N) is 1. The van der Waals surface area contributed by atoms with Gasteiger partial charge in [0.05, 0.1) is 5.56 Å². The first-order valence-corrected chi connectivity index (χ1v) is 4.95. The van der Waals surface area contributed by atoms with E-state index in [4.69, 9.17) is 0 Å². The van der Waals surface area contributed by atoms with Gasteiger partial charge in [0.25, 0.3) is 0 Å². The molecule has 1 amide bonds. The number of hydrogen-bond donors (Lipinski definition) is 1. The number of amides is 1. The minimum absolute atomic E-state index is 0.132. The molecule has 0 unspecified atom stereocenters. The molecule has 1 N–H and O–H groups in total. The lowest BCUT2D eigenvalue weighted by molar-refractivity contribution is -0.114. The molecule has 0 radical (unpaired) electrons. The van der Waals surface area contributed by atoms with E-state index in [0.29, 0.717) is 5.82 Å². The predicted octanol–water partition coefficient (Wildman–Crippen LogP) is 2.19. The lowest BCUT2D eigenvalue weighted by Gasteiger charge is -2.02. The Bertz CT molecular complexity index is 402. The number of hydrogen-bond acceptors (Lipinski definition) is 2. The SMILES string of the molecule is CCCC#Cc1cccnc1NC(C)=O. The first-order chi connectivity index (χ1) is 7.24. The zero-order valence-corrected chi connectivity index (χ0v) is 9.00. The fourth-order valence-electron chi connectivity index (χ4n) is 1.06.